The van der Waals surface area contributed by atoms with Gasteiger partial charge in [-0.3, -0.25) is 9.59 Å². The van der Waals surface area contributed by atoms with Gasteiger partial charge in [0.2, 0.25) is 5.91 Å². The highest BCUT2D eigenvalue weighted by atomic mass is 32.2. The van der Waals surface area contributed by atoms with E-state index in [2.05, 4.69) is 5.32 Å². The predicted octanol–water partition coefficient (Wildman–Crippen LogP) is 2.45. The topological polar surface area (TPSA) is 49.4 Å². The molecule has 0 unspecified atom stereocenters. The number of nitrogens with one attached hydrogen (secondary N) is 1. The van der Waals surface area contributed by atoms with Gasteiger partial charge in [-0.05, 0) is 19.1 Å². The summed E-state index contributed by atoms with van der Waals surface area (Å²) in [5.41, 5.74) is 1.49. The maximum absolute atomic E-state index is 12.2. The van der Waals surface area contributed by atoms with Crippen molar-refractivity contribution in [3.05, 3.63) is 40.9 Å². The van der Waals surface area contributed by atoms with E-state index in [-0.39, 0.29) is 11.8 Å². The van der Waals surface area contributed by atoms with Gasteiger partial charge >= 0.3 is 0 Å². The Kier molecular flexibility index (Phi) is 4.27. The van der Waals surface area contributed by atoms with Gasteiger partial charge in [-0.25, -0.2) is 0 Å². The third-order valence-electron chi connectivity index (χ3n) is 2.91. The lowest BCUT2D eigenvalue weighted by Gasteiger charge is -2.28. The fraction of sp³-hybridized carbons (Fsp3) is 0.286. The summed E-state index contributed by atoms with van der Waals surface area (Å²) in [4.78, 5) is 26.0. The van der Waals surface area contributed by atoms with Gasteiger partial charge in [0.25, 0.3) is 5.91 Å². The van der Waals surface area contributed by atoms with Crippen molar-refractivity contribution < 1.29 is 9.59 Å². The van der Waals surface area contributed by atoms with Gasteiger partial charge in [0.05, 0.1) is 4.91 Å². The Bertz CT molecular complexity index is 526. The van der Waals surface area contributed by atoms with Crippen molar-refractivity contribution in [1.29, 1.82) is 0 Å². The normalized spacial score (nSPS) is 15.4. The average molecular weight is 276 g/mol. The lowest BCUT2D eigenvalue weighted by Crippen LogP contribution is -2.34. The van der Waals surface area contributed by atoms with E-state index < -0.39 is 0 Å². The van der Waals surface area contributed by atoms with Gasteiger partial charge < -0.3 is 10.2 Å². The number of carbonyl (C=O) groups excluding carboxylic acids is 2. The number of benzene rings is 1. The zero-order chi connectivity index (χ0) is 13.8. The third kappa shape index (κ3) is 3.17. The molecule has 2 rings (SSSR count). The van der Waals surface area contributed by atoms with Crippen molar-refractivity contribution in [2.75, 3.05) is 17.6 Å². The Morgan fingerprint density at radius 3 is 2.58 bits per heavy atom. The number of para-hydroxylation sites is 1. The monoisotopic (exact) mass is 276 g/mol. The van der Waals surface area contributed by atoms with E-state index in [0.717, 1.165) is 17.1 Å². The minimum absolute atomic E-state index is 0.0252. The highest BCUT2D eigenvalue weighted by molar-refractivity contribution is 8.04. The summed E-state index contributed by atoms with van der Waals surface area (Å²) >= 11 is 1.49. The van der Waals surface area contributed by atoms with Gasteiger partial charge in [-0.15, -0.1) is 11.8 Å². The Morgan fingerprint density at radius 1 is 1.26 bits per heavy atom. The van der Waals surface area contributed by atoms with Gasteiger partial charge in [0.15, 0.2) is 0 Å². The number of nitrogens with zero attached hydrogens (tertiary/aromatic N) is 1. The van der Waals surface area contributed by atoms with Crippen LogP contribution >= 0.6 is 11.8 Å². The van der Waals surface area contributed by atoms with Crippen LogP contribution in [0.4, 0.5) is 5.69 Å². The van der Waals surface area contributed by atoms with Crippen LogP contribution in [0.1, 0.15) is 13.8 Å². The van der Waals surface area contributed by atoms with E-state index >= 15 is 0 Å². The molecule has 1 N–H and O–H groups in total. The molecule has 0 spiro atoms. The van der Waals surface area contributed by atoms with Crippen LogP contribution < -0.4 is 5.32 Å². The summed E-state index contributed by atoms with van der Waals surface area (Å²) < 4.78 is 0. The van der Waals surface area contributed by atoms with E-state index in [0.29, 0.717) is 11.4 Å². The summed E-state index contributed by atoms with van der Waals surface area (Å²) in [6.45, 7) is 3.99. The first-order valence-electron chi connectivity index (χ1n) is 6.08. The van der Waals surface area contributed by atoms with E-state index in [9.17, 15) is 9.59 Å². The van der Waals surface area contributed by atoms with Crippen LogP contribution in [-0.2, 0) is 9.59 Å². The Labute approximate surface area is 116 Å². The molecule has 0 aromatic heterocycles. The van der Waals surface area contributed by atoms with Gasteiger partial charge in [0, 0.05) is 30.6 Å². The first-order chi connectivity index (χ1) is 9.09. The minimum Gasteiger partial charge on any atom is -0.321 e. The predicted molar refractivity (Wildman–Crippen MR) is 77.6 cm³/mol. The quantitative estimate of drug-likeness (QED) is 0.902. The molecule has 0 atom stereocenters. The second kappa shape index (κ2) is 5.93. The van der Waals surface area contributed by atoms with Crippen LogP contribution in [0.3, 0.4) is 0 Å². The number of rotatable bonds is 2. The smallest absolute Gasteiger partial charge is 0.263 e. The number of amides is 2. The van der Waals surface area contributed by atoms with Gasteiger partial charge in [-0.2, -0.15) is 0 Å². The number of anilines is 1. The minimum atomic E-state index is -0.153. The average Bonchev–Trinajstić information content (AvgIpc) is 2.39. The van der Waals surface area contributed by atoms with E-state index in [1.807, 2.05) is 37.3 Å². The first-order valence-corrected chi connectivity index (χ1v) is 7.06. The molecule has 100 valence electrons. The lowest BCUT2D eigenvalue weighted by molar-refractivity contribution is -0.126. The zero-order valence-electron chi connectivity index (χ0n) is 11.0. The maximum Gasteiger partial charge on any atom is 0.263 e. The molecular weight excluding hydrogens is 260 g/mol. The van der Waals surface area contributed by atoms with Gasteiger partial charge in [0.1, 0.15) is 0 Å². The van der Waals surface area contributed by atoms with Crippen molar-refractivity contribution >= 4 is 29.3 Å². The summed E-state index contributed by atoms with van der Waals surface area (Å²) in [6, 6.07) is 9.31. The molecule has 0 bridgehead atoms. The van der Waals surface area contributed by atoms with Crippen molar-refractivity contribution in [3.63, 3.8) is 0 Å². The first kappa shape index (κ1) is 13.7. The van der Waals surface area contributed by atoms with Crippen LogP contribution in [-0.4, -0.2) is 29.0 Å². The van der Waals surface area contributed by atoms with Crippen molar-refractivity contribution in [2.45, 2.75) is 13.8 Å². The van der Waals surface area contributed by atoms with E-state index in [1.165, 1.54) is 18.7 Å². The Balaban J connectivity index is 2.18. The molecule has 1 aliphatic rings. The molecule has 0 saturated heterocycles. The molecule has 4 nitrogen and oxygen atoms in total. The summed E-state index contributed by atoms with van der Waals surface area (Å²) in [5.74, 6) is 0.566. The van der Waals surface area contributed by atoms with E-state index in [1.54, 1.807) is 4.90 Å². The highest BCUT2D eigenvalue weighted by Crippen LogP contribution is 2.28. The molecule has 0 radical (unpaired) electrons. The van der Waals surface area contributed by atoms with Crippen LogP contribution in [0.15, 0.2) is 40.9 Å². The zero-order valence-corrected chi connectivity index (χ0v) is 11.8. The van der Waals surface area contributed by atoms with Crippen molar-refractivity contribution in [2.24, 2.45) is 0 Å². The molecule has 1 aromatic carbocycles. The molecule has 0 aliphatic carbocycles. The van der Waals surface area contributed by atoms with Crippen LogP contribution in [0, 0.1) is 0 Å². The fourth-order valence-corrected chi connectivity index (χ4v) is 2.95. The molecule has 19 heavy (non-hydrogen) atoms. The molecule has 1 aromatic rings. The van der Waals surface area contributed by atoms with Crippen molar-refractivity contribution in [1.82, 2.24) is 4.90 Å². The molecule has 5 heteroatoms. The van der Waals surface area contributed by atoms with E-state index in [4.69, 9.17) is 0 Å². The number of allylic oxidation sites excluding steroid dienone is 1. The second-order valence-electron chi connectivity index (χ2n) is 4.25. The lowest BCUT2D eigenvalue weighted by atomic mass is 10.3. The van der Waals surface area contributed by atoms with Crippen LogP contribution in [0.2, 0.25) is 0 Å². The Morgan fingerprint density at radius 2 is 1.95 bits per heavy atom. The SMILES string of the molecule is CC(=O)N1CCSC(C(=O)Nc2ccccc2)=C1C. The molecule has 1 heterocycles. The summed E-state index contributed by atoms with van der Waals surface area (Å²) in [7, 11) is 0. The molecular formula is C14H16N2O2S. The molecule has 2 amide bonds. The summed E-state index contributed by atoms with van der Waals surface area (Å²) in [5, 5.41) is 2.85. The van der Waals surface area contributed by atoms with Crippen LogP contribution in [0.25, 0.3) is 0 Å². The number of carbonyl (C=O) groups is 2. The van der Waals surface area contributed by atoms with Gasteiger partial charge in [-0.1, -0.05) is 18.2 Å². The number of thioether (sulfide) groups is 1. The standard InChI is InChI=1S/C14H16N2O2S/c1-10-13(19-9-8-16(10)11(2)17)14(18)15-12-6-4-3-5-7-12/h3-7H,8-9H2,1-2H3,(H,15,18). The fourth-order valence-electron chi connectivity index (χ4n) is 1.97. The second-order valence-corrected chi connectivity index (χ2v) is 5.36. The third-order valence-corrected chi connectivity index (χ3v) is 4.07. The largest absolute Gasteiger partial charge is 0.321 e. The number of hydrogen-bond acceptors (Lipinski definition) is 3. The van der Waals surface area contributed by atoms with Crippen molar-refractivity contribution in [3.8, 4) is 0 Å². The summed E-state index contributed by atoms with van der Waals surface area (Å²) in [6.07, 6.45) is 0. The molecule has 0 saturated carbocycles. The molecule has 1 aliphatic heterocycles. The number of hydrogen-bond donors (Lipinski definition) is 1. The maximum atomic E-state index is 12.2. The highest BCUT2D eigenvalue weighted by Gasteiger charge is 2.24. The Hall–Kier alpha value is -1.75. The molecule has 0 fully saturated rings. The van der Waals surface area contributed by atoms with Crippen LogP contribution in [0.5, 0.6) is 0 Å².